The van der Waals surface area contributed by atoms with Crippen LogP contribution >= 0.6 is 0 Å². The summed E-state index contributed by atoms with van der Waals surface area (Å²) >= 11 is 0. The lowest BCUT2D eigenvalue weighted by molar-refractivity contribution is -0.160. The third-order valence-electron chi connectivity index (χ3n) is 3.88. The topological polar surface area (TPSA) is 94.8 Å². The van der Waals surface area contributed by atoms with Crippen LogP contribution in [-0.2, 0) is 20.4 Å². The summed E-state index contributed by atoms with van der Waals surface area (Å²) in [6, 6.07) is 5.41. The Balaban J connectivity index is 3.51. The molecule has 0 fully saturated rings. The lowest BCUT2D eigenvalue weighted by Crippen LogP contribution is -2.30. The maximum atomic E-state index is 11.2. The first-order chi connectivity index (χ1) is 10.2. The molecule has 23 heavy (non-hydrogen) atoms. The van der Waals surface area contributed by atoms with E-state index in [-0.39, 0.29) is 10.8 Å². The average molecular weight is 322 g/mol. The van der Waals surface area contributed by atoms with E-state index in [2.05, 4.69) is 0 Å². The van der Waals surface area contributed by atoms with E-state index in [4.69, 9.17) is 10.2 Å². The molecule has 0 saturated heterocycles. The van der Waals surface area contributed by atoms with Gasteiger partial charge in [-0.2, -0.15) is 0 Å². The van der Waals surface area contributed by atoms with Crippen molar-refractivity contribution in [2.24, 2.45) is 5.92 Å². The van der Waals surface area contributed by atoms with Crippen LogP contribution in [0.3, 0.4) is 0 Å². The summed E-state index contributed by atoms with van der Waals surface area (Å²) < 4.78 is 0. The maximum Gasteiger partial charge on any atom is 0.320 e. The highest BCUT2D eigenvalue weighted by atomic mass is 16.4. The Hall–Kier alpha value is -1.88. The fourth-order valence-electron chi connectivity index (χ4n) is 2.26. The fourth-order valence-corrected chi connectivity index (χ4v) is 2.26. The van der Waals surface area contributed by atoms with Crippen LogP contribution in [0.5, 0.6) is 0 Å². The molecule has 5 nitrogen and oxygen atoms in total. The molecule has 128 valence electrons. The molecule has 0 aliphatic carbocycles. The fraction of sp³-hybridized carbons (Fsp3) is 0.556. The predicted molar refractivity (Wildman–Crippen MR) is 87.6 cm³/mol. The van der Waals surface area contributed by atoms with Gasteiger partial charge in [0.05, 0.1) is 0 Å². The van der Waals surface area contributed by atoms with Crippen molar-refractivity contribution in [3.05, 3.63) is 34.9 Å². The Morgan fingerprint density at radius 2 is 1.17 bits per heavy atom. The molecule has 0 bridgehead atoms. The largest absolute Gasteiger partial charge is 0.481 e. The second kappa shape index (κ2) is 6.32. The van der Waals surface area contributed by atoms with Gasteiger partial charge in [0.2, 0.25) is 0 Å². The molecule has 0 aromatic heterocycles. The van der Waals surface area contributed by atoms with Gasteiger partial charge in [0, 0.05) is 0 Å². The normalized spacial score (nSPS) is 13.9. The minimum absolute atomic E-state index is 0.211. The number of carbonyl (C=O) groups is 2. The van der Waals surface area contributed by atoms with Crippen LogP contribution in [-0.4, -0.2) is 27.3 Å². The van der Waals surface area contributed by atoms with Gasteiger partial charge in [-0.3, -0.25) is 9.59 Å². The highest BCUT2D eigenvalue weighted by Gasteiger charge is 2.36. The van der Waals surface area contributed by atoms with Crippen LogP contribution in [0.1, 0.15) is 64.3 Å². The van der Waals surface area contributed by atoms with Crippen LogP contribution in [0.2, 0.25) is 0 Å². The van der Waals surface area contributed by atoms with E-state index in [9.17, 15) is 14.7 Å². The van der Waals surface area contributed by atoms with Crippen LogP contribution < -0.4 is 0 Å². The first kappa shape index (κ1) is 19.2. The van der Waals surface area contributed by atoms with Gasteiger partial charge in [-0.25, -0.2) is 0 Å². The van der Waals surface area contributed by atoms with Gasteiger partial charge >= 0.3 is 11.9 Å². The number of carboxylic acids is 2. The molecular weight excluding hydrogens is 296 g/mol. The Bertz CT molecular complexity index is 559. The van der Waals surface area contributed by atoms with Crippen molar-refractivity contribution >= 4 is 11.9 Å². The van der Waals surface area contributed by atoms with E-state index < -0.39 is 24.0 Å². The van der Waals surface area contributed by atoms with Crippen molar-refractivity contribution in [2.45, 2.75) is 58.5 Å². The zero-order valence-corrected chi connectivity index (χ0v) is 14.5. The second-order valence-corrected chi connectivity index (χ2v) is 7.94. The smallest absolute Gasteiger partial charge is 0.320 e. The van der Waals surface area contributed by atoms with Gasteiger partial charge in [0.15, 0.2) is 5.92 Å². The van der Waals surface area contributed by atoms with Crippen molar-refractivity contribution < 1.29 is 24.9 Å². The van der Waals surface area contributed by atoms with Crippen molar-refractivity contribution in [3.8, 4) is 0 Å². The van der Waals surface area contributed by atoms with Crippen LogP contribution in [0.25, 0.3) is 0 Å². The van der Waals surface area contributed by atoms with Gasteiger partial charge in [-0.05, 0) is 27.5 Å². The van der Waals surface area contributed by atoms with Crippen LogP contribution in [0.4, 0.5) is 0 Å². The Morgan fingerprint density at radius 1 is 0.826 bits per heavy atom. The van der Waals surface area contributed by atoms with Gasteiger partial charge in [-0.15, -0.1) is 0 Å². The summed E-state index contributed by atoms with van der Waals surface area (Å²) in [7, 11) is 0. The van der Waals surface area contributed by atoms with Crippen LogP contribution in [0.15, 0.2) is 18.2 Å². The van der Waals surface area contributed by atoms with Gasteiger partial charge in [0.1, 0.15) is 6.10 Å². The van der Waals surface area contributed by atoms with Gasteiger partial charge < -0.3 is 15.3 Å². The van der Waals surface area contributed by atoms with Crippen molar-refractivity contribution in [3.63, 3.8) is 0 Å². The first-order valence-electron chi connectivity index (χ1n) is 7.55. The lowest BCUT2D eigenvalue weighted by Gasteiger charge is -2.27. The molecule has 1 atom stereocenters. The molecule has 0 radical (unpaired) electrons. The van der Waals surface area contributed by atoms with Gasteiger partial charge in [-0.1, -0.05) is 59.7 Å². The van der Waals surface area contributed by atoms with Crippen molar-refractivity contribution in [1.82, 2.24) is 0 Å². The Labute approximate surface area is 137 Å². The van der Waals surface area contributed by atoms with E-state index in [1.54, 1.807) is 12.1 Å². The molecular formula is C18H26O5. The molecule has 1 aromatic rings. The Kier molecular flexibility index (Phi) is 5.27. The Morgan fingerprint density at radius 3 is 1.43 bits per heavy atom. The zero-order valence-electron chi connectivity index (χ0n) is 14.5. The number of aliphatic hydroxyl groups excluding tert-OH is 1. The van der Waals surface area contributed by atoms with Gasteiger partial charge in [0.25, 0.3) is 0 Å². The van der Waals surface area contributed by atoms with E-state index in [1.165, 1.54) is 0 Å². The molecule has 3 N–H and O–H groups in total. The minimum Gasteiger partial charge on any atom is -0.481 e. The summed E-state index contributed by atoms with van der Waals surface area (Å²) in [6.45, 7) is 12.1. The monoisotopic (exact) mass is 322 g/mol. The molecule has 1 aromatic carbocycles. The van der Waals surface area contributed by atoms with Crippen molar-refractivity contribution in [2.75, 3.05) is 0 Å². The number of rotatable bonds is 4. The zero-order chi connectivity index (χ0) is 18.2. The molecule has 0 saturated carbocycles. The standard InChI is InChI=1S/C18H26O5/c1-17(2,3)11-7-10(8-12(9-11)18(4,5)6)14(19)13(15(20)21)16(22)23/h7-9,13-14,19H,1-6H3,(H,20,21)(H,22,23). The maximum absolute atomic E-state index is 11.2. The van der Waals surface area contributed by atoms with Crippen LogP contribution in [0, 0.1) is 5.92 Å². The molecule has 0 heterocycles. The molecule has 0 spiro atoms. The summed E-state index contributed by atoms with van der Waals surface area (Å²) in [5, 5.41) is 28.5. The number of hydrogen-bond donors (Lipinski definition) is 3. The highest BCUT2D eigenvalue weighted by Crippen LogP contribution is 2.34. The van der Waals surface area contributed by atoms with E-state index >= 15 is 0 Å². The van der Waals surface area contributed by atoms with E-state index in [0.29, 0.717) is 5.56 Å². The number of aliphatic hydroxyl groups is 1. The SMILES string of the molecule is CC(C)(C)c1cc(C(O)C(C(=O)O)C(=O)O)cc(C(C)(C)C)c1. The predicted octanol–water partition coefficient (Wildman–Crippen LogP) is 3.10. The van der Waals surface area contributed by atoms with Crippen molar-refractivity contribution in [1.29, 1.82) is 0 Å². The highest BCUT2D eigenvalue weighted by molar-refractivity contribution is 5.93. The first-order valence-corrected chi connectivity index (χ1v) is 7.55. The average Bonchev–Trinajstić information content (AvgIpc) is 2.35. The number of aliphatic carboxylic acids is 2. The minimum atomic E-state index is -1.89. The quantitative estimate of drug-likeness (QED) is 0.740. The summed E-state index contributed by atoms with van der Waals surface area (Å²) in [5.41, 5.74) is 1.74. The lowest BCUT2D eigenvalue weighted by atomic mass is 9.78. The number of hydrogen-bond acceptors (Lipinski definition) is 3. The molecule has 5 heteroatoms. The molecule has 1 rings (SSSR count). The summed E-state index contributed by atoms with van der Waals surface area (Å²) in [6.07, 6.45) is -1.60. The molecule has 0 aliphatic rings. The van der Waals surface area contributed by atoms with E-state index in [1.807, 2.05) is 47.6 Å². The number of benzene rings is 1. The van der Waals surface area contributed by atoms with E-state index in [0.717, 1.165) is 11.1 Å². The third-order valence-corrected chi connectivity index (χ3v) is 3.88. The molecule has 1 unspecified atom stereocenters. The third kappa shape index (κ3) is 4.55. The number of carboxylic acid groups (broad SMARTS) is 2. The molecule has 0 amide bonds. The second-order valence-electron chi connectivity index (χ2n) is 7.94. The summed E-state index contributed by atoms with van der Waals surface area (Å²) in [4.78, 5) is 22.4. The molecule has 0 aliphatic heterocycles. The summed E-state index contributed by atoms with van der Waals surface area (Å²) in [5.74, 6) is -5.00.